The number of fused-ring (bicyclic) bond motifs is 1. The molecule has 2 amide bonds. The maximum absolute atomic E-state index is 12.0. The van der Waals surface area contributed by atoms with Gasteiger partial charge in [-0.15, -0.1) is 0 Å². The van der Waals surface area contributed by atoms with Gasteiger partial charge >= 0.3 is 0 Å². The zero-order chi connectivity index (χ0) is 15.2. The lowest BCUT2D eigenvalue weighted by molar-refractivity contribution is -0.123. The Labute approximate surface area is 123 Å². The summed E-state index contributed by atoms with van der Waals surface area (Å²) in [6, 6.07) is 5.08. The summed E-state index contributed by atoms with van der Waals surface area (Å²) in [6.07, 6.45) is 0. The smallest absolute Gasteiger partial charge is 0.251 e. The number of carbonyl (C=O) groups is 2. The highest BCUT2D eigenvalue weighted by Gasteiger charge is 2.14. The van der Waals surface area contributed by atoms with Gasteiger partial charge in [-0.1, -0.05) is 13.8 Å². The van der Waals surface area contributed by atoms with Crippen LogP contribution in [-0.2, 0) is 4.79 Å². The second-order valence-electron chi connectivity index (χ2n) is 5.06. The minimum atomic E-state index is -0.203. The molecule has 1 aliphatic heterocycles. The molecule has 6 nitrogen and oxygen atoms in total. The van der Waals surface area contributed by atoms with Crippen LogP contribution in [0.25, 0.3) is 0 Å². The molecule has 0 aromatic heterocycles. The van der Waals surface area contributed by atoms with E-state index in [9.17, 15) is 9.59 Å². The molecule has 0 fully saturated rings. The molecule has 6 heteroatoms. The average Bonchev–Trinajstić information content (AvgIpc) is 2.50. The van der Waals surface area contributed by atoms with E-state index in [4.69, 9.17) is 9.47 Å². The van der Waals surface area contributed by atoms with Crippen molar-refractivity contribution in [2.45, 2.75) is 13.8 Å². The van der Waals surface area contributed by atoms with E-state index < -0.39 is 0 Å². The Kier molecular flexibility index (Phi) is 5.03. The molecule has 0 saturated carbocycles. The van der Waals surface area contributed by atoms with E-state index >= 15 is 0 Å². The first-order valence-electron chi connectivity index (χ1n) is 7.03. The number of amides is 2. The Bertz CT molecular complexity index is 528. The van der Waals surface area contributed by atoms with Gasteiger partial charge < -0.3 is 20.1 Å². The second-order valence-corrected chi connectivity index (χ2v) is 5.06. The summed E-state index contributed by atoms with van der Waals surface area (Å²) in [6.45, 7) is 5.44. The Morgan fingerprint density at radius 2 is 1.76 bits per heavy atom. The van der Waals surface area contributed by atoms with Crippen molar-refractivity contribution in [1.29, 1.82) is 0 Å². The lowest BCUT2D eigenvalue weighted by atomic mass is 10.2. The molecule has 1 heterocycles. The molecule has 0 unspecified atom stereocenters. The Balaban J connectivity index is 1.82. The van der Waals surface area contributed by atoms with Crippen LogP contribution >= 0.6 is 0 Å². The largest absolute Gasteiger partial charge is 0.486 e. The van der Waals surface area contributed by atoms with Gasteiger partial charge in [0.25, 0.3) is 5.91 Å². The normalized spacial score (nSPS) is 12.9. The van der Waals surface area contributed by atoms with Crippen molar-refractivity contribution < 1.29 is 19.1 Å². The van der Waals surface area contributed by atoms with Gasteiger partial charge in [0, 0.05) is 24.6 Å². The maximum atomic E-state index is 12.0. The van der Waals surface area contributed by atoms with Crippen LogP contribution in [0.1, 0.15) is 24.2 Å². The van der Waals surface area contributed by atoms with Gasteiger partial charge in [0.1, 0.15) is 13.2 Å². The monoisotopic (exact) mass is 292 g/mol. The minimum absolute atomic E-state index is 0.0245. The summed E-state index contributed by atoms with van der Waals surface area (Å²) in [5.41, 5.74) is 0.509. The summed E-state index contributed by atoms with van der Waals surface area (Å²) in [4.78, 5) is 23.4. The van der Waals surface area contributed by atoms with Gasteiger partial charge in [-0.05, 0) is 18.2 Å². The van der Waals surface area contributed by atoms with Crippen LogP contribution in [0.4, 0.5) is 0 Å². The van der Waals surface area contributed by atoms with Crippen LogP contribution in [0.5, 0.6) is 11.5 Å². The highest BCUT2D eigenvalue weighted by molar-refractivity contribution is 5.94. The zero-order valence-electron chi connectivity index (χ0n) is 12.3. The number of ether oxygens (including phenoxy) is 2. The topological polar surface area (TPSA) is 76.7 Å². The Morgan fingerprint density at radius 1 is 1.10 bits per heavy atom. The fourth-order valence-corrected chi connectivity index (χ4v) is 1.85. The van der Waals surface area contributed by atoms with Crippen LogP contribution in [0, 0.1) is 5.92 Å². The first kappa shape index (κ1) is 15.2. The number of nitrogens with one attached hydrogen (secondary N) is 2. The molecule has 0 atom stereocenters. The van der Waals surface area contributed by atoms with Crippen LogP contribution in [0.15, 0.2) is 18.2 Å². The van der Waals surface area contributed by atoms with Crippen molar-refractivity contribution in [3.63, 3.8) is 0 Å². The van der Waals surface area contributed by atoms with Gasteiger partial charge in [0.05, 0.1) is 0 Å². The minimum Gasteiger partial charge on any atom is -0.486 e. The van der Waals surface area contributed by atoms with E-state index in [0.717, 1.165) is 0 Å². The van der Waals surface area contributed by atoms with Crippen LogP contribution in [0.2, 0.25) is 0 Å². The van der Waals surface area contributed by atoms with Gasteiger partial charge in [-0.3, -0.25) is 9.59 Å². The van der Waals surface area contributed by atoms with Crippen molar-refractivity contribution >= 4 is 11.8 Å². The lowest BCUT2D eigenvalue weighted by Gasteiger charge is -2.18. The first-order chi connectivity index (χ1) is 10.1. The van der Waals surface area contributed by atoms with Crippen molar-refractivity contribution in [1.82, 2.24) is 10.6 Å². The lowest BCUT2D eigenvalue weighted by Crippen LogP contribution is -2.36. The molecule has 2 N–H and O–H groups in total. The van der Waals surface area contributed by atoms with Crippen LogP contribution in [-0.4, -0.2) is 38.1 Å². The van der Waals surface area contributed by atoms with Gasteiger partial charge in [-0.2, -0.15) is 0 Å². The number of carbonyl (C=O) groups excluding carboxylic acids is 2. The average molecular weight is 292 g/mol. The molecule has 2 rings (SSSR count). The van der Waals surface area contributed by atoms with E-state index in [1.165, 1.54) is 0 Å². The maximum Gasteiger partial charge on any atom is 0.251 e. The number of rotatable bonds is 5. The van der Waals surface area contributed by atoms with Crippen molar-refractivity contribution in [3.05, 3.63) is 23.8 Å². The fraction of sp³-hybridized carbons (Fsp3) is 0.467. The van der Waals surface area contributed by atoms with Crippen molar-refractivity contribution in [3.8, 4) is 11.5 Å². The molecule has 1 aromatic rings. The quantitative estimate of drug-likeness (QED) is 0.793. The summed E-state index contributed by atoms with van der Waals surface area (Å²) >= 11 is 0. The van der Waals surface area contributed by atoms with Crippen LogP contribution < -0.4 is 20.1 Å². The molecule has 114 valence electrons. The molecule has 21 heavy (non-hydrogen) atoms. The third kappa shape index (κ3) is 4.11. The highest BCUT2D eigenvalue weighted by Crippen LogP contribution is 2.30. The van der Waals surface area contributed by atoms with E-state index in [-0.39, 0.29) is 17.7 Å². The first-order valence-corrected chi connectivity index (χ1v) is 7.03. The molecule has 0 aliphatic carbocycles. The highest BCUT2D eigenvalue weighted by atomic mass is 16.6. The van der Waals surface area contributed by atoms with E-state index in [2.05, 4.69) is 10.6 Å². The molecular weight excluding hydrogens is 272 g/mol. The predicted molar refractivity (Wildman–Crippen MR) is 77.6 cm³/mol. The van der Waals surface area contributed by atoms with E-state index in [1.807, 2.05) is 13.8 Å². The third-order valence-corrected chi connectivity index (χ3v) is 3.04. The molecule has 0 radical (unpaired) electrons. The summed E-state index contributed by atoms with van der Waals surface area (Å²) in [5.74, 6) is 0.955. The van der Waals surface area contributed by atoms with Gasteiger partial charge in [0.15, 0.2) is 11.5 Å². The zero-order valence-corrected chi connectivity index (χ0v) is 12.3. The SMILES string of the molecule is CC(C)C(=O)NCCNC(=O)c1ccc2c(c1)OCCO2. The Hall–Kier alpha value is -2.24. The third-order valence-electron chi connectivity index (χ3n) is 3.04. The van der Waals surface area contributed by atoms with Crippen molar-refractivity contribution in [2.24, 2.45) is 5.92 Å². The summed E-state index contributed by atoms with van der Waals surface area (Å²) < 4.78 is 10.8. The summed E-state index contributed by atoms with van der Waals surface area (Å²) in [5, 5.41) is 5.49. The standard InChI is InChI=1S/C15H20N2O4/c1-10(2)14(18)16-5-6-17-15(19)11-3-4-12-13(9-11)21-8-7-20-12/h3-4,9-10H,5-8H2,1-2H3,(H,16,18)(H,17,19). The fourth-order valence-electron chi connectivity index (χ4n) is 1.85. The Morgan fingerprint density at radius 3 is 2.48 bits per heavy atom. The second kappa shape index (κ2) is 6.97. The molecule has 1 aliphatic rings. The van der Waals surface area contributed by atoms with Gasteiger partial charge in [-0.25, -0.2) is 0 Å². The number of hydrogen-bond donors (Lipinski definition) is 2. The molecule has 0 spiro atoms. The molecule has 1 aromatic carbocycles. The van der Waals surface area contributed by atoms with Crippen LogP contribution in [0.3, 0.4) is 0 Å². The summed E-state index contributed by atoms with van der Waals surface area (Å²) in [7, 11) is 0. The number of hydrogen-bond acceptors (Lipinski definition) is 4. The molecule has 0 saturated heterocycles. The van der Waals surface area contributed by atoms with E-state index in [1.54, 1.807) is 18.2 Å². The number of benzene rings is 1. The predicted octanol–water partition coefficient (Wildman–Crippen LogP) is 0.960. The van der Waals surface area contributed by atoms with Gasteiger partial charge in [0.2, 0.25) is 5.91 Å². The molecule has 0 bridgehead atoms. The molecular formula is C15H20N2O4. The van der Waals surface area contributed by atoms with E-state index in [0.29, 0.717) is 43.4 Å². The van der Waals surface area contributed by atoms with Crippen molar-refractivity contribution in [2.75, 3.05) is 26.3 Å².